The van der Waals surface area contributed by atoms with Gasteiger partial charge in [0.2, 0.25) is 5.79 Å². The van der Waals surface area contributed by atoms with Gasteiger partial charge in [-0.05, 0) is 0 Å². The van der Waals surface area contributed by atoms with Gasteiger partial charge < -0.3 is 28.4 Å². The summed E-state index contributed by atoms with van der Waals surface area (Å²) >= 11 is 0. The van der Waals surface area contributed by atoms with Crippen LogP contribution < -0.4 is 0 Å². The van der Waals surface area contributed by atoms with Gasteiger partial charge in [0.15, 0.2) is 0 Å². The predicted octanol–water partition coefficient (Wildman–Crippen LogP) is 0.0507. The van der Waals surface area contributed by atoms with Crippen LogP contribution >= 0.6 is 0 Å². The second-order valence-electron chi connectivity index (χ2n) is 3.89. The molecule has 1 rings (SSSR count). The molecule has 6 heteroatoms. The molecule has 1 fully saturated rings. The van der Waals surface area contributed by atoms with Crippen LogP contribution in [0.3, 0.4) is 0 Å². The monoisotopic (exact) mass is 250 g/mol. The van der Waals surface area contributed by atoms with Crippen molar-refractivity contribution in [3.05, 3.63) is 0 Å². The Labute approximate surface area is 102 Å². The molecule has 102 valence electrons. The van der Waals surface area contributed by atoms with Gasteiger partial charge in [-0.3, -0.25) is 0 Å². The number of ether oxygens (including phenoxy) is 6. The normalized spacial score (nSPS) is 38.3. The lowest BCUT2D eigenvalue weighted by Crippen LogP contribution is -2.65. The molecule has 4 atom stereocenters. The lowest BCUT2D eigenvalue weighted by Gasteiger charge is -2.47. The maximum Gasteiger partial charge on any atom is 0.221 e. The molecule has 4 unspecified atom stereocenters. The molecule has 0 aliphatic carbocycles. The van der Waals surface area contributed by atoms with Gasteiger partial charge in [-0.15, -0.1) is 0 Å². The molecule has 0 radical (unpaired) electrons. The largest absolute Gasteiger partial charge is 0.379 e. The van der Waals surface area contributed by atoms with Crippen LogP contribution in [0, 0.1) is 0 Å². The van der Waals surface area contributed by atoms with Gasteiger partial charge in [-0.2, -0.15) is 0 Å². The van der Waals surface area contributed by atoms with Gasteiger partial charge in [0.05, 0.1) is 6.61 Å². The van der Waals surface area contributed by atoms with Crippen LogP contribution in [0.1, 0.15) is 0 Å². The first-order chi connectivity index (χ1) is 8.18. The van der Waals surface area contributed by atoms with Crippen molar-refractivity contribution in [1.29, 1.82) is 0 Å². The Morgan fingerprint density at radius 3 is 2.18 bits per heavy atom. The average Bonchev–Trinajstić information content (AvgIpc) is 2.37. The zero-order valence-corrected chi connectivity index (χ0v) is 11.1. The predicted molar refractivity (Wildman–Crippen MR) is 60.0 cm³/mol. The van der Waals surface area contributed by atoms with E-state index >= 15 is 0 Å². The minimum atomic E-state index is -0.959. The Balaban J connectivity index is 2.92. The van der Waals surface area contributed by atoms with E-state index in [1.807, 2.05) is 0 Å². The van der Waals surface area contributed by atoms with Crippen LogP contribution in [0.5, 0.6) is 0 Å². The van der Waals surface area contributed by atoms with Crippen molar-refractivity contribution in [3.63, 3.8) is 0 Å². The molecule has 0 aromatic rings. The first-order valence-corrected chi connectivity index (χ1v) is 5.45. The Morgan fingerprint density at radius 2 is 1.76 bits per heavy atom. The van der Waals surface area contributed by atoms with Crippen molar-refractivity contribution in [3.8, 4) is 0 Å². The fourth-order valence-corrected chi connectivity index (χ4v) is 2.20. The van der Waals surface area contributed by atoms with E-state index in [-0.39, 0.29) is 18.8 Å². The lowest BCUT2D eigenvalue weighted by molar-refractivity contribution is -0.351. The molecule has 1 heterocycles. The number of rotatable bonds is 6. The highest BCUT2D eigenvalue weighted by atomic mass is 16.7. The minimum absolute atomic E-state index is 0.190. The lowest BCUT2D eigenvalue weighted by atomic mass is 9.96. The average molecular weight is 250 g/mol. The van der Waals surface area contributed by atoms with Gasteiger partial charge >= 0.3 is 0 Å². The Morgan fingerprint density at radius 1 is 1.06 bits per heavy atom. The van der Waals surface area contributed by atoms with E-state index in [4.69, 9.17) is 28.4 Å². The molecule has 1 saturated heterocycles. The summed E-state index contributed by atoms with van der Waals surface area (Å²) in [5.41, 5.74) is 0. The van der Waals surface area contributed by atoms with Gasteiger partial charge in [0.1, 0.15) is 24.9 Å². The van der Waals surface area contributed by atoms with Gasteiger partial charge in [0, 0.05) is 35.5 Å². The maximum absolute atomic E-state index is 5.72. The van der Waals surface area contributed by atoms with E-state index in [2.05, 4.69) is 0 Å². The first-order valence-electron chi connectivity index (χ1n) is 5.45. The van der Waals surface area contributed by atoms with Crippen molar-refractivity contribution < 1.29 is 28.4 Å². The third-order valence-electron chi connectivity index (χ3n) is 3.11. The van der Waals surface area contributed by atoms with E-state index in [0.29, 0.717) is 6.61 Å². The Kier molecular flexibility index (Phi) is 5.78. The van der Waals surface area contributed by atoms with Gasteiger partial charge in [-0.25, -0.2) is 0 Å². The second-order valence-corrected chi connectivity index (χ2v) is 3.89. The molecule has 0 aromatic carbocycles. The van der Waals surface area contributed by atoms with E-state index in [1.165, 1.54) is 0 Å². The molecular weight excluding hydrogens is 228 g/mol. The number of hydrogen-bond donors (Lipinski definition) is 0. The highest BCUT2D eigenvalue weighted by molar-refractivity contribution is 4.95. The van der Waals surface area contributed by atoms with Crippen LogP contribution in [-0.2, 0) is 28.4 Å². The van der Waals surface area contributed by atoms with E-state index in [1.54, 1.807) is 35.5 Å². The summed E-state index contributed by atoms with van der Waals surface area (Å²) in [6.07, 6.45) is -0.880. The highest BCUT2D eigenvalue weighted by Gasteiger charge is 2.52. The Bertz CT molecular complexity index is 224. The SMILES string of the molecule is COCC1(OC)OCC(OC)C(OC)C1OC. The summed E-state index contributed by atoms with van der Waals surface area (Å²) in [5.74, 6) is -0.959. The van der Waals surface area contributed by atoms with E-state index in [0.717, 1.165) is 0 Å². The van der Waals surface area contributed by atoms with Gasteiger partial charge in [0.25, 0.3) is 0 Å². The smallest absolute Gasteiger partial charge is 0.221 e. The maximum atomic E-state index is 5.72. The van der Waals surface area contributed by atoms with E-state index in [9.17, 15) is 0 Å². The van der Waals surface area contributed by atoms with E-state index < -0.39 is 11.9 Å². The summed E-state index contributed by atoms with van der Waals surface area (Å²) in [4.78, 5) is 0. The molecule has 1 aliphatic rings. The highest BCUT2D eigenvalue weighted by Crippen LogP contribution is 2.31. The molecule has 1 aliphatic heterocycles. The van der Waals surface area contributed by atoms with Crippen molar-refractivity contribution in [1.82, 2.24) is 0 Å². The van der Waals surface area contributed by atoms with Crippen molar-refractivity contribution >= 4 is 0 Å². The van der Waals surface area contributed by atoms with Gasteiger partial charge in [-0.1, -0.05) is 0 Å². The summed E-state index contributed by atoms with van der Waals surface area (Å²) in [5, 5.41) is 0. The number of hydrogen-bond acceptors (Lipinski definition) is 6. The molecule has 0 aromatic heterocycles. The first kappa shape index (κ1) is 14.8. The van der Waals surface area contributed by atoms with Crippen LogP contribution in [0.15, 0.2) is 0 Å². The molecule has 6 nitrogen and oxygen atoms in total. The minimum Gasteiger partial charge on any atom is -0.379 e. The number of methoxy groups -OCH3 is 5. The van der Waals surface area contributed by atoms with Crippen molar-refractivity contribution in [2.75, 3.05) is 48.8 Å². The molecule has 17 heavy (non-hydrogen) atoms. The summed E-state index contributed by atoms with van der Waals surface area (Å²) < 4.78 is 32.5. The molecule has 0 amide bonds. The fourth-order valence-electron chi connectivity index (χ4n) is 2.20. The summed E-state index contributed by atoms with van der Waals surface area (Å²) in [7, 11) is 7.96. The second kappa shape index (κ2) is 6.63. The topological polar surface area (TPSA) is 55.4 Å². The van der Waals surface area contributed by atoms with Crippen LogP contribution in [0.4, 0.5) is 0 Å². The third-order valence-corrected chi connectivity index (χ3v) is 3.11. The fraction of sp³-hybridized carbons (Fsp3) is 1.00. The molecule has 0 saturated carbocycles. The van der Waals surface area contributed by atoms with Crippen LogP contribution in [-0.4, -0.2) is 72.9 Å². The van der Waals surface area contributed by atoms with Crippen LogP contribution in [0.25, 0.3) is 0 Å². The summed E-state index contributed by atoms with van der Waals surface area (Å²) in [6.45, 7) is 0.629. The van der Waals surface area contributed by atoms with Crippen molar-refractivity contribution in [2.45, 2.75) is 24.1 Å². The zero-order chi connectivity index (χ0) is 12.9. The zero-order valence-electron chi connectivity index (χ0n) is 11.1. The summed E-state index contributed by atoms with van der Waals surface area (Å²) in [6, 6.07) is 0. The van der Waals surface area contributed by atoms with Crippen molar-refractivity contribution in [2.24, 2.45) is 0 Å². The van der Waals surface area contributed by atoms with Crippen LogP contribution in [0.2, 0.25) is 0 Å². The Hall–Kier alpha value is -0.240. The standard InChI is InChI=1S/C11H22O6/c1-12-7-11(16-5)10(15-4)9(14-3)8(13-2)6-17-11/h8-10H,6-7H2,1-5H3. The third kappa shape index (κ3) is 2.78. The molecule has 0 bridgehead atoms. The molecule has 0 spiro atoms. The molecular formula is C11H22O6. The molecule has 0 N–H and O–H groups in total. The quantitative estimate of drug-likeness (QED) is 0.664.